The molecular formula is C13H22N2O2. The first kappa shape index (κ1) is 12.6. The third kappa shape index (κ3) is 3.31. The fraction of sp³-hybridized carbons (Fsp3) is 0.692. The van der Waals surface area contributed by atoms with Crippen molar-refractivity contribution in [2.75, 3.05) is 33.3 Å². The van der Waals surface area contributed by atoms with Gasteiger partial charge in [-0.15, -0.1) is 0 Å². The molecule has 0 spiro atoms. The number of furan rings is 1. The lowest BCUT2D eigenvalue weighted by Crippen LogP contribution is -2.51. The summed E-state index contributed by atoms with van der Waals surface area (Å²) < 4.78 is 5.60. The molecule has 1 aromatic rings. The zero-order valence-electron chi connectivity index (χ0n) is 10.7. The van der Waals surface area contributed by atoms with Gasteiger partial charge in [0.15, 0.2) is 0 Å². The maximum absolute atomic E-state index is 9.05. The second-order valence-corrected chi connectivity index (χ2v) is 4.89. The van der Waals surface area contributed by atoms with Crippen LogP contribution in [0, 0.1) is 6.92 Å². The molecule has 0 radical (unpaired) electrons. The fourth-order valence-corrected chi connectivity index (χ4v) is 2.41. The first-order valence-corrected chi connectivity index (χ1v) is 6.28. The summed E-state index contributed by atoms with van der Waals surface area (Å²) >= 11 is 0. The van der Waals surface area contributed by atoms with Gasteiger partial charge in [-0.3, -0.25) is 4.90 Å². The number of aliphatic hydroxyl groups is 1. The second-order valence-electron chi connectivity index (χ2n) is 4.89. The predicted molar refractivity (Wildman–Crippen MR) is 66.8 cm³/mol. The molecule has 0 aromatic carbocycles. The van der Waals surface area contributed by atoms with Gasteiger partial charge in [0.1, 0.15) is 11.5 Å². The van der Waals surface area contributed by atoms with E-state index in [1.165, 1.54) is 0 Å². The number of hydrogen-bond donors (Lipinski definition) is 1. The van der Waals surface area contributed by atoms with Crippen LogP contribution in [0.15, 0.2) is 16.5 Å². The van der Waals surface area contributed by atoms with Crippen LogP contribution in [0.2, 0.25) is 0 Å². The van der Waals surface area contributed by atoms with Crippen LogP contribution in [-0.4, -0.2) is 54.2 Å². The Balaban J connectivity index is 1.89. The fourth-order valence-electron chi connectivity index (χ4n) is 2.41. The van der Waals surface area contributed by atoms with Gasteiger partial charge in [0.05, 0.1) is 6.54 Å². The van der Waals surface area contributed by atoms with Gasteiger partial charge in [0.25, 0.3) is 0 Å². The second kappa shape index (κ2) is 5.67. The summed E-state index contributed by atoms with van der Waals surface area (Å²) in [5.41, 5.74) is 0. The number of nitrogens with zero attached hydrogens (tertiary/aromatic N) is 2. The molecule has 1 saturated heterocycles. The highest BCUT2D eigenvalue weighted by molar-refractivity contribution is 5.05. The van der Waals surface area contributed by atoms with Gasteiger partial charge in [0, 0.05) is 32.3 Å². The van der Waals surface area contributed by atoms with Crippen molar-refractivity contribution in [1.29, 1.82) is 0 Å². The molecule has 0 unspecified atom stereocenters. The summed E-state index contributed by atoms with van der Waals surface area (Å²) in [7, 11) is 2.13. The highest BCUT2D eigenvalue weighted by Crippen LogP contribution is 2.15. The van der Waals surface area contributed by atoms with E-state index in [0.29, 0.717) is 6.04 Å². The van der Waals surface area contributed by atoms with Gasteiger partial charge in [-0.1, -0.05) is 0 Å². The number of likely N-dealkylation sites (N-methyl/N-ethyl adjacent to an activating group) is 1. The van der Waals surface area contributed by atoms with Crippen LogP contribution in [0.3, 0.4) is 0 Å². The number of aryl methyl sites for hydroxylation is 1. The minimum atomic E-state index is 0.267. The van der Waals surface area contributed by atoms with Crippen molar-refractivity contribution < 1.29 is 9.52 Å². The van der Waals surface area contributed by atoms with Gasteiger partial charge in [-0.2, -0.15) is 0 Å². The van der Waals surface area contributed by atoms with E-state index in [4.69, 9.17) is 9.52 Å². The lowest BCUT2D eigenvalue weighted by molar-refractivity contribution is 0.0702. The Morgan fingerprint density at radius 3 is 2.88 bits per heavy atom. The molecule has 4 nitrogen and oxygen atoms in total. The summed E-state index contributed by atoms with van der Waals surface area (Å²) in [5.74, 6) is 2.01. The molecule has 4 heteroatoms. The molecule has 1 N–H and O–H groups in total. The van der Waals surface area contributed by atoms with Crippen molar-refractivity contribution in [3.63, 3.8) is 0 Å². The summed E-state index contributed by atoms with van der Waals surface area (Å²) in [6.45, 7) is 6.26. The quantitative estimate of drug-likeness (QED) is 0.852. The molecule has 2 heterocycles. The minimum absolute atomic E-state index is 0.267. The third-order valence-corrected chi connectivity index (χ3v) is 3.50. The van der Waals surface area contributed by atoms with E-state index in [1.807, 2.05) is 13.0 Å². The Morgan fingerprint density at radius 1 is 1.41 bits per heavy atom. The van der Waals surface area contributed by atoms with Gasteiger partial charge < -0.3 is 14.4 Å². The minimum Gasteiger partial charge on any atom is -0.465 e. The Bertz CT molecular complexity index is 351. The van der Waals surface area contributed by atoms with Gasteiger partial charge in [-0.05, 0) is 32.5 Å². The van der Waals surface area contributed by atoms with E-state index in [-0.39, 0.29) is 6.61 Å². The smallest absolute Gasteiger partial charge is 0.118 e. The van der Waals surface area contributed by atoms with E-state index in [0.717, 1.165) is 44.1 Å². The zero-order valence-corrected chi connectivity index (χ0v) is 10.7. The van der Waals surface area contributed by atoms with E-state index in [1.54, 1.807) is 0 Å². The first-order valence-electron chi connectivity index (χ1n) is 6.28. The van der Waals surface area contributed by atoms with Gasteiger partial charge in [-0.25, -0.2) is 0 Å². The Labute approximate surface area is 103 Å². The predicted octanol–water partition coefficient (Wildman–Crippen LogP) is 1.09. The normalized spacial score (nSPS) is 23.1. The molecular weight excluding hydrogens is 216 g/mol. The number of piperazine rings is 1. The van der Waals surface area contributed by atoms with E-state index in [9.17, 15) is 0 Å². The van der Waals surface area contributed by atoms with E-state index < -0.39 is 0 Å². The van der Waals surface area contributed by atoms with Crippen molar-refractivity contribution >= 4 is 0 Å². The lowest BCUT2D eigenvalue weighted by atomic mass is 10.1. The molecule has 17 heavy (non-hydrogen) atoms. The number of hydrogen-bond acceptors (Lipinski definition) is 4. The largest absolute Gasteiger partial charge is 0.465 e. The molecule has 1 aliphatic rings. The maximum Gasteiger partial charge on any atom is 0.118 e. The van der Waals surface area contributed by atoms with Gasteiger partial charge in [0.2, 0.25) is 0 Å². The van der Waals surface area contributed by atoms with Crippen molar-refractivity contribution in [3.05, 3.63) is 23.7 Å². The molecule has 1 aliphatic heterocycles. The van der Waals surface area contributed by atoms with E-state index in [2.05, 4.69) is 22.9 Å². The third-order valence-electron chi connectivity index (χ3n) is 3.50. The highest BCUT2D eigenvalue weighted by atomic mass is 16.3. The monoisotopic (exact) mass is 238 g/mol. The average molecular weight is 238 g/mol. The molecule has 1 aromatic heterocycles. The SMILES string of the molecule is Cc1ccc(CN2CCN(C)[C@@H](CCO)C2)o1. The van der Waals surface area contributed by atoms with Crippen LogP contribution in [0.4, 0.5) is 0 Å². The van der Waals surface area contributed by atoms with Crippen molar-refractivity contribution in [2.24, 2.45) is 0 Å². The van der Waals surface area contributed by atoms with Crippen LogP contribution >= 0.6 is 0 Å². The zero-order chi connectivity index (χ0) is 12.3. The van der Waals surface area contributed by atoms with Crippen LogP contribution < -0.4 is 0 Å². The average Bonchev–Trinajstić information content (AvgIpc) is 2.69. The number of aliphatic hydroxyl groups excluding tert-OH is 1. The summed E-state index contributed by atoms with van der Waals surface area (Å²) in [5, 5.41) is 9.05. The highest BCUT2D eigenvalue weighted by Gasteiger charge is 2.24. The molecule has 0 saturated carbocycles. The Morgan fingerprint density at radius 2 is 2.24 bits per heavy atom. The maximum atomic E-state index is 9.05. The standard InChI is InChI=1S/C13H22N2O2/c1-11-3-4-13(17-11)10-15-7-6-14(2)12(9-15)5-8-16/h3-4,12,16H,5-10H2,1-2H3/t12-/m0/s1. The van der Waals surface area contributed by atoms with E-state index >= 15 is 0 Å². The molecule has 2 rings (SSSR count). The summed E-state index contributed by atoms with van der Waals surface area (Å²) in [4.78, 5) is 4.73. The lowest BCUT2D eigenvalue weighted by Gasteiger charge is -2.39. The molecule has 0 aliphatic carbocycles. The van der Waals surface area contributed by atoms with Crippen molar-refractivity contribution in [3.8, 4) is 0 Å². The van der Waals surface area contributed by atoms with Crippen LogP contribution in [-0.2, 0) is 6.54 Å². The van der Waals surface area contributed by atoms with Crippen LogP contribution in [0.5, 0.6) is 0 Å². The Hall–Kier alpha value is -0.840. The first-order chi connectivity index (χ1) is 8.19. The van der Waals surface area contributed by atoms with Crippen LogP contribution in [0.1, 0.15) is 17.9 Å². The van der Waals surface area contributed by atoms with Crippen LogP contribution in [0.25, 0.3) is 0 Å². The molecule has 1 atom stereocenters. The summed E-state index contributed by atoms with van der Waals surface area (Å²) in [6, 6.07) is 4.52. The summed E-state index contributed by atoms with van der Waals surface area (Å²) in [6.07, 6.45) is 0.851. The topological polar surface area (TPSA) is 39.9 Å². The van der Waals surface area contributed by atoms with Crippen molar-refractivity contribution in [1.82, 2.24) is 9.80 Å². The Kier molecular flexibility index (Phi) is 4.20. The molecule has 0 bridgehead atoms. The number of rotatable bonds is 4. The molecule has 1 fully saturated rings. The molecule has 0 amide bonds. The molecule has 96 valence electrons. The van der Waals surface area contributed by atoms with Crippen molar-refractivity contribution in [2.45, 2.75) is 25.9 Å². The van der Waals surface area contributed by atoms with Gasteiger partial charge >= 0.3 is 0 Å².